The van der Waals surface area contributed by atoms with Gasteiger partial charge in [-0.2, -0.15) is 18.3 Å². The molecule has 29 heavy (non-hydrogen) atoms. The van der Waals surface area contributed by atoms with Crippen LogP contribution in [0.5, 0.6) is 0 Å². The molecule has 4 rings (SSSR count). The fraction of sp³-hybridized carbons (Fsp3) is 0.632. The van der Waals surface area contributed by atoms with E-state index in [1.165, 1.54) is 11.3 Å². The van der Waals surface area contributed by atoms with Crippen LogP contribution in [0.25, 0.3) is 0 Å². The molecular weight excluding hydrogens is 403 g/mol. The van der Waals surface area contributed by atoms with Crippen LogP contribution in [0.3, 0.4) is 0 Å². The standard InChI is InChI=1S/C19H24F3N5OS/c1-10-8-16-24-14(9-15(19(20,21)22)27(16)25-10)13-4-6-26(7-5-13)18(28)17-11(2)23-12(3)29-17/h8,13-15,24H,4-7,9H2,1-3H3/t14-,15+/m0/s1. The molecule has 0 aromatic carbocycles. The van der Waals surface area contributed by atoms with E-state index >= 15 is 0 Å². The minimum atomic E-state index is -4.34. The third-order valence-electron chi connectivity index (χ3n) is 5.84. The van der Waals surface area contributed by atoms with Crippen molar-refractivity contribution < 1.29 is 18.0 Å². The van der Waals surface area contributed by atoms with E-state index in [2.05, 4.69) is 15.4 Å². The Morgan fingerprint density at radius 2 is 1.93 bits per heavy atom. The Bertz CT molecular complexity index is 914. The topological polar surface area (TPSA) is 63.1 Å². The van der Waals surface area contributed by atoms with E-state index in [4.69, 9.17) is 0 Å². The van der Waals surface area contributed by atoms with Gasteiger partial charge in [0.1, 0.15) is 10.7 Å². The molecule has 2 aromatic heterocycles. The van der Waals surface area contributed by atoms with Gasteiger partial charge in [0.2, 0.25) is 0 Å². The largest absolute Gasteiger partial charge is 0.410 e. The lowest BCUT2D eigenvalue weighted by Gasteiger charge is -2.40. The van der Waals surface area contributed by atoms with E-state index in [-0.39, 0.29) is 24.3 Å². The molecule has 158 valence electrons. The van der Waals surface area contributed by atoms with Crippen molar-refractivity contribution in [1.29, 1.82) is 0 Å². The maximum atomic E-state index is 13.6. The summed E-state index contributed by atoms with van der Waals surface area (Å²) in [6.07, 6.45) is -3.02. The number of nitrogens with one attached hydrogen (secondary N) is 1. The summed E-state index contributed by atoms with van der Waals surface area (Å²) in [6, 6.07) is -0.229. The van der Waals surface area contributed by atoms with Crippen LogP contribution in [-0.2, 0) is 0 Å². The maximum absolute atomic E-state index is 13.6. The first kappa shape index (κ1) is 20.2. The Labute approximate surface area is 171 Å². The molecule has 2 aromatic rings. The van der Waals surface area contributed by atoms with Gasteiger partial charge in [-0.05, 0) is 46.0 Å². The van der Waals surface area contributed by atoms with E-state index in [0.29, 0.717) is 42.3 Å². The number of piperidine rings is 1. The van der Waals surface area contributed by atoms with Gasteiger partial charge in [-0.3, -0.25) is 4.79 Å². The summed E-state index contributed by atoms with van der Waals surface area (Å²) in [4.78, 5) is 19.6. The van der Waals surface area contributed by atoms with Gasteiger partial charge in [0.05, 0.1) is 16.4 Å². The molecule has 10 heteroatoms. The number of aromatic nitrogens is 3. The zero-order chi connectivity index (χ0) is 20.9. The normalized spacial score (nSPS) is 23.0. The summed E-state index contributed by atoms with van der Waals surface area (Å²) in [7, 11) is 0. The second-order valence-electron chi connectivity index (χ2n) is 7.94. The van der Waals surface area contributed by atoms with Gasteiger partial charge in [-0.15, -0.1) is 11.3 Å². The third kappa shape index (κ3) is 3.86. The number of thiazole rings is 1. The van der Waals surface area contributed by atoms with Gasteiger partial charge in [-0.25, -0.2) is 9.67 Å². The molecule has 1 saturated heterocycles. The van der Waals surface area contributed by atoms with E-state index < -0.39 is 12.2 Å². The molecule has 2 aliphatic heterocycles. The smallest absolute Gasteiger partial charge is 0.367 e. The quantitative estimate of drug-likeness (QED) is 0.784. The number of hydrogen-bond donors (Lipinski definition) is 1. The van der Waals surface area contributed by atoms with Crippen molar-refractivity contribution in [2.45, 2.75) is 58.3 Å². The van der Waals surface area contributed by atoms with Crippen molar-refractivity contribution in [2.75, 3.05) is 18.4 Å². The Kier molecular flexibility index (Phi) is 5.08. The maximum Gasteiger partial charge on any atom is 0.410 e. The molecule has 2 atom stereocenters. The Morgan fingerprint density at radius 1 is 1.24 bits per heavy atom. The predicted molar refractivity (Wildman–Crippen MR) is 104 cm³/mol. The zero-order valence-electron chi connectivity index (χ0n) is 16.6. The fourth-order valence-electron chi connectivity index (χ4n) is 4.41. The average Bonchev–Trinajstić information content (AvgIpc) is 3.19. The van der Waals surface area contributed by atoms with Crippen molar-refractivity contribution in [3.05, 3.63) is 27.3 Å². The number of amides is 1. The van der Waals surface area contributed by atoms with Crippen LogP contribution in [0.1, 0.15) is 51.4 Å². The summed E-state index contributed by atoms with van der Waals surface area (Å²) < 4.78 is 41.9. The van der Waals surface area contributed by atoms with E-state index in [0.717, 1.165) is 15.4 Å². The SMILES string of the molecule is Cc1cc2n(n1)[C@@H](C(F)(F)F)C[C@@H](C1CCN(C(=O)c3sc(C)nc3C)CC1)N2. The van der Waals surface area contributed by atoms with E-state index in [1.807, 2.05) is 13.8 Å². The summed E-state index contributed by atoms with van der Waals surface area (Å²) in [5, 5.41) is 8.16. The van der Waals surface area contributed by atoms with Crippen LogP contribution >= 0.6 is 11.3 Å². The van der Waals surface area contributed by atoms with Gasteiger partial charge in [0, 0.05) is 25.2 Å². The molecule has 6 nitrogen and oxygen atoms in total. The molecule has 0 unspecified atom stereocenters. The lowest BCUT2D eigenvalue weighted by Crippen LogP contribution is -2.47. The highest BCUT2D eigenvalue weighted by Gasteiger charge is 2.47. The Balaban J connectivity index is 1.45. The number of fused-ring (bicyclic) bond motifs is 1. The number of aryl methyl sites for hydroxylation is 3. The van der Waals surface area contributed by atoms with E-state index in [1.54, 1.807) is 17.9 Å². The van der Waals surface area contributed by atoms with Crippen LogP contribution < -0.4 is 5.32 Å². The first-order valence-electron chi connectivity index (χ1n) is 9.76. The lowest BCUT2D eigenvalue weighted by atomic mass is 9.84. The molecule has 0 bridgehead atoms. The van der Waals surface area contributed by atoms with Crippen LogP contribution in [0.15, 0.2) is 6.07 Å². The minimum absolute atomic E-state index is 0.0231. The predicted octanol–water partition coefficient (Wildman–Crippen LogP) is 4.10. The molecule has 4 heterocycles. The van der Waals surface area contributed by atoms with Gasteiger partial charge in [0.25, 0.3) is 5.91 Å². The average molecular weight is 427 g/mol. The van der Waals surface area contributed by atoms with Crippen molar-refractivity contribution in [2.24, 2.45) is 5.92 Å². The number of carbonyl (C=O) groups excluding carboxylic acids is 1. The number of halogens is 3. The van der Waals surface area contributed by atoms with Gasteiger partial charge in [0.15, 0.2) is 6.04 Å². The monoisotopic (exact) mass is 427 g/mol. The number of hydrogen-bond acceptors (Lipinski definition) is 5. The van der Waals surface area contributed by atoms with Crippen molar-refractivity contribution in [3.8, 4) is 0 Å². The molecule has 1 N–H and O–H groups in total. The number of nitrogens with zero attached hydrogens (tertiary/aromatic N) is 4. The number of anilines is 1. The molecule has 0 spiro atoms. The van der Waals surface area contributed by atoms with Crippen molar-refractivity contribution in [1.82, 2.24) is 19.7 Å². The van der Waals surface area contributed by atoms with Crippen LogP contribution in [0.4, 0.5) is 19.0 Å². The highest BCUT2D eigenvalue weighted by atomic mass is 32.1. The summed E-state index contributed by atoms with van der Waals surface area (Å²) >= 11 is 1.39. The summed E-state index contributed by atoms with van der Waals surface area (Å²) in [5.41, 5.74) is 1.31. The number of likely N-dealkylation sites (tertiary alicyclic amines) is 1. The molecule has 1 amide bonds. The van der Waals surface area contributed by atoms with Crippen molar-refractivity contribution in [3.63, 3.8) is 0 Å². The molecule has 1 fully saturated rings. The van der Waals surface area contributed by atoms with Crippen LogP contribution in [-0.4, -0.2) is 50.9 Å². The summed E-state index contributed by atoms with van der Waals surface area (Å²) in [5.74, 6) is 0.484. The van der Waals surface area contributed by atoms with Gasteiger partial charge >= 0.3 is 6.18 Å². The zero-order valence-corrected chi connectivity index (χ0v) is 17.4. The van der Waals surface area contributed by atoms with Crippen LogP contribution in [0.2, 0.25) is 0 Å². The number of alkyl halides is 3. The molecule has 0 radical (unpaired) electrons. The fourth-order valence-corrected chi connectivity index (χ4v) is 5.30. The minimum Gasteiger partial charge on any atom is -0.367 e. The second kappa shape index (κ2) is 7.30. The third-order valence-corrected chi connectivity index (χ3v) is 6.90. The Morgan fingerprint density at radius 3 is 2.52 bits per heavy atom. The molecule has 2 aliphatic rings. The van der Waals surface area contributed by atoms with Crippen LogP contribution in [0, 0.1) is 26.7 Å². The number of carbonyl (C=O) groups is 1. The van der Waals surface area contributed by atoms with E-state index in [9.17, 15) is 18.0 Å². The molecular formula is C19H24F3N5OS. The first-order valence-corrected chi connectivity index (χ1v) is 10.6. The van der Waals surface area contributed by atoms with Crippen molar-refractivity contribution >= 4 is 23.1 Å². The highest BCUT2D eigenvalue weighted by Crippen LogP contribution is 2.42. The molecule has 0 saturated carbocycles. The van der Waals surface area contributed by atoms with Gasteiger partial charge < -0.3 is 10.2 Å². The molecule has 0 aliphatic carbocycles. The lowest BCUT2D eigenvalue weighted by molar-refractivity contribution is -0.174. The Hall–Kier alpha value is -2.10. The highest BCUT2D eigenvalue weighted by molar-refractivity contribution is 7.13. The first-order chi connectivity index (χ1) is 13.6. The van der Waals surface area contributed by atoms with Gasteiger partial charge in [-0.1, -0.05) is 0 Å². The number of rotatable bonds is 2. The second-order valence-corrected chi connectivity index (χ2v) is 9.14. The summed E-state index contributed by atoms with van der Waals surface area (Å²) in [6.45, 7) is 6.50.